The third-order valence-electron chi connectivity index (χ3n) is 2.92. The summed E-state index contributed by atoms with van der Waals surface area (Å²) in [5.74, 6) is 0.751. The molecule has 0 atom stereocenters. The van der Waals surface area contributed by atoms with Gasteiger partial charge in [0.25, 0.3) is 0 Å². The maximum atomic E-state index is 13.7. The van der Waals surface area contributed by atoms with E-state index in [9.17, 15) is 4.39 Å². The first-order chi connectivity index (χ1) is 8.90. The Bertz CT molecular complexity index is 438. The molecule has 0 aliphatic carbocycles. The van der Waals surface area contributed by atoms with Gasteiger partial charge >= 0.3 is 0 Å². The van der Waals surface area contributed by atoms with Crippen molar-refractivity contribution < 1.29 is 4.39 Å². The Morgan fingerprint density at radius 3 is 2.58 bits per heavy atom. The molecular weight excluding hydrogens is 261 g/mol. The van der Waals surface area contributed by atoms with Crippen LogP contribution in [0.15, 0.2) is 23.8 Å². The van der Waals surface area contributed by atoms with Gasteiger partial charge in [0.1, 0.15) is 5.82 Å². The Hall–Kier alpha value is -0.860. The fraction of sp³-hybridized carbons (Fsp3) is 0.500. The van der Waals surface area contributed by atoms with Crippen molar-refractivity contribution >= 4 is 17.7 Å². The van der Waals surface area contributed by atoms with Gasteiger partial charge < -0.3 is 5.32 Å². The molecule has 0 bridgehead atoms. The Morgan fingerprint density at radius 2 is 2.00 bits per heavy atom. The minimum atomic E-state index is -0.230. The molecule has 106 valence electrons. The summed E-state index contributed by atoms with van der Waals surface area (Å²) >= 11 is 5.91. The summed E-state index contributed by atoms with van der Waals surface area (Å²) in [7, 11) is 0. The first-order valence-electron chi connectivity index (χ1n) is 6.76. The Labute approximate surface area is 120 Å². The lowest BCUT2D eigenvalue weighted by atomic mass is 10.00. The quantitative estimate of drug-likeness (QED) is 0.793. The van der Waals surface area contributed by atoms with Crippen LogP contribution >= 0.6 is 11.6 Å². The SMILES string of the molecule is CC(C)CNC/C(=C/c1cc(Cl)ccc1F)C(C)C. The largest absolute Gasteiger partial charge is 0.313 e. The minimum absolute atomic E-state index is 0.230. The van der Waals surface area contributed by atoms with E-state index in [1.165, 1.54) is 11.6 Å². The molecule has 0 saturated carbocycles. The van der Waals surface area contributed by atoms with Crippen LogP contribution in [0, 0.1) is 17.7 Å². The summed E-state index contributed by atoms with van der Waals surface area (Å²) in [4.78, 5) is 0. The maximum absolute atomic E-state index is 13.7. The molecule has 1 aromatic rings. The van der Waals surface area contributed by atoms with Crippen molar-refractivity contribution in [3.8, 4) is 0 Å². The number of hydrogen-bond acceptors (Lipinski definition) is 1. The normalized spacial score (nSPS) is 12.5. The van der Waals surface area contributed by atoms with Crippen LogP contribution in [-0.4, -0.2) is 13.1 Å². The van der Waals surface area contributed by atoms with E-state index in [0.29, 0.717) is 22.4 Å². The molecule has 1 aromatic carbocycles. The van der Waals surface area contributed by atoms with E-state index in [1.54, 1.807) is 12.1 Å². The molecule has 1 N–H and O–H groups in total. The van der Waals surface area contributed by atoms with Crippen LogP contribution in [0.4, 0.5) is 4.39 Å². The van der Waals surface area contributed by atoms with Gasteiger partial charge in [0.15, 0.2) is 0 Å². The number of rotatable bonds is 6. The Morgan fingerprint density at radius 1 is 1.32 bits per heavy atom. The van der Waals surface area contributed by atoms with Gasteiger partial charge in [0.2, 0.25) is 0 Å². The molecule has 0 heterocycles. The van der Waals surface area contributed by atoms with Crippen molar-refractivity contribution in [3.05, 3.63) is 40.2 Å². The highest BCUT2D eigenvalue weighted by molar-refractivity contribution is 6.30. The molecule has 1 nitrogen and oxygen atoms in total. The molecule has 0 aliphatic heterocycles. The van der Waals surface area contributed by atoms with Gasteiger partial charge in [0.05, 0.1) is 0 Å². The van der Waals surface area contributed by atoms with Crippen LogP contribution < -0.4 is 5.32 Å². The van der Waals surface area contributed by atoms with Gasteiger partial charge in [-0.05, 0) is 36.6 Å². The predicted molar refractivity (Wildman–Crippen MR) is 81.9 cm³/mol. The van der Waals surface area contributed by atoms with Crippen molar-refractivity contribution in [3.63, 3.8) is 0 Å². The second kappa shape index (κ2) is 7.66. The van der Waals surface area contributed by atoms with Crippen molar-refractivity contribution in [2.75, 3.05) is 13.1 Å². The van der Waals surface area contributed by atoms with Crippen molar-refractivity contribution in [1.29, 1.82) is 0 Å². The molecule has 0 fully saturated rings. The zero-order chi connectivity index (χ0) is 14.4. The van der Waals surface area contributed by atoms with Gasteiger partial charge in [-0.25, -0.2) is 4.39 Å². The van der Waals surface area contributed by atoms with Gasteiger partial charge in [-0.15, -0.1) is 0 Å². The number of benzene rings is 1. The third-order valence-corrected chi connectivity index (χ3v) is 3.16. The first kappa shape index (κ1) is 16.2. The summed E-state index contributed by atoms with van der Waals surface area (Å²) < 4.78 is 13.7. The van der Waals surface area contributed by atoms with E-state index in [-0.39, 0.29) is 5.82 Å². The van der Waals surface area contributed by atoms with E-state index in [0.717, 1.165) is 13.1 Å². The highest BCUT2D eigenvalue weighted by atomic mass is 35.5. The Balaban J connectivity index is 2.85. The lowest BCUT2D eigenvalue weighted by Gasteiger charge is -2.14. The molecule has 0 amide bonds. The summed E-state index contributed by atoms with van der Waals surface area (Å²) in [5.41, 5.74) is 1.74. The lowest BCUT2D eigenvalue weighted by Crippen LogP contribution is -2.23. The van der Waals surface area contributed by atoms with Crippen LogP contribution in [0.5, 0.6) is 0 Å². The molecule has 0 aromatic heterocycles. The topological polar surface area (TPSA) is 12.0 Å². The predicted octanol–water partition coefficient (Wildman–Crippen LogP) is 4.76. The van der Waals surface area contributed by atoms with Crippen LogP contribution in [0.1, 0.15) is 33.3 Å². The average molecular weight is 284 g/mol. The van der Waals surface area contributed by atoms with Crippen molar-refractivity contribution in [1.82, 2.24) is 5.32 Å². The molecule has 3 heteroatoms. The monoisotopic (exact) mass is 283 g/mol. The molecule has 0 radical (unpaired) electrons. The van der Waals surface area contributed by atoms with Gasteiger partial charge in [0, 0.05) is 17.1 Å². The van der Waals surface area contributed by atoms with Crippen LogP contribution in [0.25, 0.3) is 6.08 Å². The van der Waals surface area contributed by atoms with E-state index in [4.69, 9.17) is 11.6 Å². The number of hydrogen-bond donors (Lipinski definition) is 1. The zero-order valence-electron chi connectivity index (χ0n) is 12.1. The third kappa shape index (κ3) is 5.75. The second-order valence-electron chi connectivity index (χ2n) is 5.56. The smallest absolute Gasteiger partial charge is 0.130 e. The van der Waals surface area contributed by atoms with E-state index in [2.05, 4.69) is 33.0 Å². The minimum Gasteiger partial charge on any atom is -0.313 e. The highest BCUT2D eigenvalue weighted by Gasteiger charge is 2.07. The zero-order valence-corrected chi connectivity index (χ0v) is 12.9. The Kier molecular flexibility index (Phi) is 6.53. The van der Waals surface area contributed by atoms with Gasteiger partial charge in [-0.3, -0.25) is 0 Å². The van der Waals surface area contributed by atoms with Crippen LogP contribution in [-0.2, 0) is 0 Å². The molecule has 0 aliphatic rings. The second-order valence-corrected chi connectivity index (χ2v) is 6.00. The van der Waals surface area contributed by atoms with Crippen LogP contribution in [0.2, 0.25) is 5.02 Å². The van der Waals surface area contributed by atoms with Gasteiger partial charge in [-0.2, -0.15) is 0 Å². The number of nitrogens with one attached hydrogen (secondary N) is 1. The van der Waals surface area contributed by atoms with E-state index in [1.807, 2.05) is 6.08 Å². The number of halogens is 2. The standard InChI is InChI=1S/C16H23ClFN/c1-11(2)9-19-10-14(12(3)4)7-13-8-15(17)5-6-16(13)18/h5-8,11-12,19H,9-10H2,1-4H3/b14-7-. The average Bonchev–Trinajstić information content (AvgIpc) is 2.31. The van der Waals surface area contributed by atoms with Gasteiger partial charge in [-0.1, -0.05) is 50.9 Å². The molecular formula is C16H23ClFN. The summed E-state index contributed by atoms with van der Waals surface area (Å²) in [5, 5.41) is 3.96. The van der Waals surface area contributed by atoms with E-state index >= 15 is 0 Å². The maximum Gasteiger partial charge on any atom is 0.130 e. The summed E-state index contributed by atoms with van der Waals surface area (Å²) in [6.45, 7) is 10.3. The first-order valence-corrected chi connectivity index (χ1v) is 7.14. The van der Waals surface area contributed by atoms with Crippen molar-refractivity contribution in [2.45, 2.75) is 27.7 Å². The summed E-state index contributed by atoms with van der Waals surface area (Å²) in [6, 6.07) is 4.65. The molecule has 0 saturated heterocycles. The summed E-state index contributed by atoms with van der Waals surface area (Å²) in [6.07, 6.45) is 1.90. The molecule has 0 unspecified atom stereocenters. The molecule has 19 heavy (non-hydrogen) atoms. The highest BCUT2D eigenvalue weighted by Crippen LogP contribution is 2.20. The van der Waals surface area contributed by atoms with Crippen LogP contribution in [0.3, 0.4) is 0 Å². The fourth-order valence-electron chi connectivity index (χ4n) is 1.75. The lowest BCUT2D eigenvalue weighted by molar-refractivity contribution is 0.558. The van der Waals surface area contributed by atoms with E-state index < -0.39 is 0 Å². The fourth-order valence-corrected chi connectivity index (χ4v) is 1.93. The van der Waals surface area contributed by atoms with Crippen molar-refractivity contribution in [2.24, 2.45) is 11.8 Å². The molecule has 0 spiro atoms. The molecule has 1 rings (SSSR count).